The van der Waals surface area contributed by atoms with Crippen molar-refractivity contribution in [1.82, 2.24) is 25.5 Å². The highest BCUT2D eigenvalue weighted by molar-refractivity contribution is 7.13. The lowest BCUT2D eigenvalue weighted by Gasteiger charge is -2.25. The zero-order valence-corrected chi connectivity index (χ0v) is 26.6. The molecule has 6 rings (SSSR count). The van der Waals surface area contributed by atoms with Crippen molar-refractivity contribution in [3.63, 3.8) is 0 Å². The zero-order valence-electron chi connectivity index (χ0n) is 25.7. The maximum absolute atomic E-state index is 13.7. The maximum atomic E-state index is 13.7. The normalized spacial score (nSPS) is 26.2. The number of amides is 3. The first-order valence-corrected chi connectivity index (χ1v) is 16.4. The molecule has 2 aromatic heterocycles. The van der Waals surface area contributed by atoms with Crippen LogP contribution in [0, 0.1) is 5.92 Å². The monoisotopic (exact) mass is 633 g/mol. The van der Waals surface area contributed by atoms with Gasteiger partial charge in [0.1, 0.15) is 39.9 Å². The molecular weight excluding hydrogens is 594 g/mol. The van der Waals surface area contributed by atoms with E-state index < -0.39 is 29.6 Å². The Kier molecular flexibility index (Phi) is 8.67. The van der Waals surface area contributed by atoms with Crippen LogP contribution in [0.5, 0.6) is 11.5 Å². The van der Waals surface area contributed by atoms with Crippen LogP contribution in [0.4, 0.5) is 4.79 Å². The minimum Gasteiger partial charge on any atom is -0.497 e. The van der Waals surface area contributed by atoms with Crippen LogP contribution in [0.1, 0.15) is 64.0 Å². The number of nitrogens with zero attached hydrogens (tertiary/aromatic N) is 3. The lowest BCUT2D eigenvalue weighted by Crippen LogP contribution is -2.54. The number of thiazole rings is 1. The molecule has 2 aliphatic heterocycles. The molecule has 1 aliphatic carbocycles. The lowest BCUT2D eigenvalue weighted by molar-refractivity contribution is -0.144. The molecule has 0 unspecified atom stereocenters. The molecule has 0 radical (unpaired) electrons. The SMILES string of the molecule is COc1ccc2c(O[C@@H]3C[C@H]4C(=O)N[C@]5(C(=O)O)C[C@@H]5/C=C\CCCCCNC(=O)N4C3)cc(-c3nc(C(C)C)cs3)nc2c1. The van der Waals surface area contributed by atoms with E-state index in [1.807, 2.05) is 41.8 Å². The Morgan fingerprint density at radius 2 is 2.02 bits per heavy atom. The summed E-state index contributed by atoms with van der Waals surface area (Å²) < 4.78 is 12.0. The summed E-state index contributed by atoms with van der Waals surface area (Å²) in [6, 6.07) is 6.17. The average Bonchev–Trinajstić information content (AvgIpc) is 3.33. The third kappa shape index (κ3) is 6.33. The van der Waals surface area contributed by atoms with Gasteiger partial charge in [-0.25, -0.2) is 19.6 Å². The minimum absolute atomic E-state index is 0.164. The molecule has 3 aliphatic rings. The number of carbonyl (C=O) groups excluding carboxylic acids is 2. The highest BCUT2D eigenvalue weighted by Crippen LogP contribution is 2.45. The van der Waals surface area contributed by atoms with Gasteiger partial charge in [-0.3, -0.25) is 4.79 Å². The molecule has 3 aromatic rings. The number of hydrogen-bond acceptors (Lipinski definition) is 8. The fourth-order valence-electron chi connectivity index (χ4n) is 6.10. The Hall–Kier alpha value is -4.19. The number of carboxylic acids is 1. The maximum Gasteiger partial charge on any atom is 0.330 e. The number of nitrogens with one attached hydrogen (secondary N) is 2. The summed E-state index contributed by atoms with van der Waals surface area (Å²) in [6.45, 7) is 4.84. The minimum atomic E-state index is -1.35. The van der Waals surface area contributed by atoms with Crippen LogP contribution in [-0.2, 0) is 9.59 Å². The van der Waals surface area contributed by atoms with Gasteiger partial charge in [-0.05, 0) is 43.7 Å². The van der Waals surface area contributed by atoms with Crippen LogP contribution in [-0.4, -0.2) is 75.8 Å². The molecule has 2 fully saturated rings. The van der Waals surface area contributed by atoms with Crippen molar-refractivity contribution in [3.8, 4) is 22.2 Å². The van der Waals surface area contributed by atoms with Crippen molar-refractivity contribution in [2.24, 2.45) is 5.92 Å². The quantitative estimate of drug-likeness (QED) is 0.318. The molecule has 238 valence electrons. The van der Waals surface area contributed by atoms with Crippen molar-refractivity contribution in [3.05, 3.63) is 47.5 Å². The summed E-state index contributed by atoms with van der Waals surface area (Å²) in [5.74, 6) is -0.345. The van der Waals surface area contributed by atoms with E-state index in [1.54, 1.807) is 7.11 Å². The molecule has 3 N–H and O–H groups in total. The lowest BCUT2D eigenvalue weighted by atomic mass is 10.1. The van der Waals surface area contributed by atoms with Crippen LogP contribution in [0.15, 0.2) is 41.8 Å². The first-order chi connectivity index (χ1) is 21.7. The summed E-state index contributed by atoms with van der Waals surface area (Å²) in [5, 5.41) is 19.4. The molecule has 4 heterocycles. The fraction of sp³-hybridized carbons (Fsp3) is 0.485. The first kappa shape index (κ1) is 30.8. The second-order valence-electron chi connectivity index (χ2n) is 12.4. The number of urea groups is 1. The van der Waals surface area contributed by atoms with E-state index >= 15 is 0 Å². The van der Waals surface area contributed by atoms with E-state index in [0.717, 1.165) is 41.8 Å². The van der Waals surface area contributed by atoms with Gasteiger partial charge in [0.15, 0.2) is 0 Å². The summed E-state index contributed by atoms with van der Waals surface area (Å²) in [4.78, 5) is 50.5. The van der Waals surface area contributed by atoms with Crippen LogP contribution in [0.25, 0.3) is 21.6 Å². The number of carbonyl (C=O) groups is 3. The zero-order chi connectivity index (χ0) is 31.7. The molecule has 12 heteroatoms. The summed E-state index contributed by atoms with van der Waals surface area (Å²) in [6.07, 6.45) is 7.45. The van der Waals surface area contributed by atoms with E-state index in [4.69, 9.17) is 19.4 Å². The Bertz CT molecular complexity index is 1640. The number of allylic oxidation sites excluding steroid dienone is 1. The number of pyridine rings is 1. The molecule has 45 heavy (non-hydrogen) atoms. The second-order valence-corrected chi connectivity index (χ2v) is 13.2. The third-order valence-corrected chi connectivity index (χ3v) is 9.75. The largest absolute Gasteiger partial charge is 0.497 e. The highest BCUT2D eigenvalue weighted by Gasteiger charge is 2.61. The van der Waals surface area contributed by atoms with Gasteiger partial charge < -0.3 is 30.1 Å². The number of carboxylic acid groups (broad SMARTS) is 1. The van der Waals surface area contributed by atoms with Crippen molar-refractivity contribution in [2.45, 2.75) is 76.0 Å². The Labute approximate surface area is 266 Å². The van der Waals surface area contributed by atoms with E-state index in [9.17, 15) is 19.5 Å². The van der Waals surface area contributed by atoms with Crippen molar-refractivity contribution in [1.29, 1.82) is 0 Å². The molecular formula is C33H39N5O6S. The number of aliphatic carboxylic acids is 1. The van der Waals surface area contributed by atoms with Crippen LogP contribution in [0.3, 0.4) is 0 Å². The van der Waals surface area contributed by atoms with Gasteiger partial charge in [0.05, 0.1) is 24.9 Å². The van der Waals surface area contributed by atoms with Gasteiger partial charge >= 0.3 is 12.0 Å². The average molecular weight is 634 g/mol. The smallest absolute Gasteiger partial charge is 0.330 e. The fourth-order valence-corrected chi connectivity index (χ4v) is 7.04. The predicted molar refractivity (Wildman–Crippen MR) is 171 cm³/mol. The van der Waals surface area contributed by atoms with Crippen molar-refractivity contribution < 1.29 is 29.0 Å². The Morgan fingerprint density at radius 3 is 2.78 bits per heavy atom. The topological polar surface area (TPSA) is 143 Å². The second kappa shape index (κ2) is 12.7. The number of aromatic nitrogens is 2. The summed E-state index contributed by atoms with van der Waals surface area (Å²) >= 11 is 1.51. The van der Waals surface area contributed by atoms with E-state index in [0.29, 0.717) is 35.7 Å². The molecule has 3 amide bonds. The van der Waals surface area contributed by atoms with E-state index in [1.165, 1.54) is 16.2 Å². The van der Waals surface area contributed by atoms with Crippen LogP contribution >= 0.6 is 11.3 Å². The number of fused-ring (bicyclic) bond motifs is 3. The van der Waals surface area contributed by atoms with Gasteiger partial charge in [0, 0.05) is 41.8 Å². The summed E-state index contributed by atoms with van der Waals surface area (Å²) in [5.41, 5.74) is 0.951. The number of rotatable bonds is 6. The molecule has 1 aromatic carbocycles. The molecule has 4 atom stereocenters. The van der Waals surface area contributed by atoms with E-state index in [-0.39, 0.29) is 30.8 Å². The number of ether oxygens (including phenoxy) is 2. The first-order valence-electron chi connectivity index (χ1n) is 15.6. The number of benzene rings is 1. The number of hydrogen-bond donors (Lipinski definition) is 3. The van der Waals surface area contributed by atoms with Gasteiger partial charge in [-0.2, -0.15) is 0 Å². The standard InChI is InChI=1S/C33H39N5O6S/c1-19(2)26-18-45-30(36-26)25-15-28(23-11-10-21(43-3)13-24(23)35-25)44-22-14-27-29(39)37-33(31(40)41)16-20(33)9-7-5-4-6-8-12-34-32(42)38(27)17-22/h7,9-11,13,15,18-20,22,27H,4-6,8,12,14,16-17H2,1-3H3,(H,34,42)(H,37,39)(H,40,41)/b9-7-/t20-,22+,27-,33+/m0/s1. The van der Waals surface area contributed by atoms with E-state index in [2.05, 4.69) is 24.5 Å². The molecule has 11 nitrogen and oxygen atoms in total. The molecule has 0 spiro atoms. The van der Waals surface area contributed by atoms with Crippen molar-refractivity contribution >= 4 is 40.1 Å². The number of methoxy groups -OCH3 is 1. The van der Waals surface area contributed by atoms with Crippen molar-refractivity contribution in [2.75, 3.05) is 20.2 Å². The molecule has 0 bridgehead atoms. The third-order valence-electron chi connectivity index (χ3n) is 8.87. The Morgan fingerprint density at radius 1 is 1.18 bits per heavy atom. The summed E-state index contributed by atoms with van der Waals surface area (Å²) in [7, 11) is 1.60. The van der Waals surface area contributed by atoms with Gasteiger partial charge in [-0.15, -0.1) is 11.3 Å². The predicted octanol–water partition coefficient (Wildman–Crippen LogP) is 5.11. The Balaban J connectivity index is 1.30. The van der Waals surface area contributed by atoms with Crippen LogP contribution < -0.4 is 20.1 Å². The molecule has 1 saturated carbocycles. The van der Waals surface area contributed by atoms with Gasteiger partial charge in [0.25, 0.3) is 0 Å². The highest BCUT2D eigenvalue weighted by atomic mass is 32.1. The van der Waals surface area contributed by atoms with Crippen LogP contribution in [0.2, 0.25) is 0 Å². The molecule has 1 saturated heterocycles. The van der Waals surface area contributed by atoms with Gasteiger partial charge in [-0.1, -0.05) is 32.4 Å². The van der Waals surface area contributed by atoms with Gasteiger partial charge in [0.2, 0.25) is 5.91 Å².